The maximum Gasteiger partial charge on any atom is 0.417 e. The lowest BCUT2D eigenvalue weighted by molar-refractivity contribution is -0.188. The minimum Gasteiger partial charge on any atom is -0.481 e. The summed E-state index contributed by atoms with van der Waals surface area (Å²) in [5.74, 6) is -6.33. The van der Waals surface area contributed by atoms with Crippen LogP contribution in [-0.2, 0) is 28.7 Å². The van der Waals surface area contributed by atoms with Crippen molar-refractivity contribution in [1.29, 1.82) is 0 Å². The Morgan fingerprint density at radius 3 is 2.44 bits per heavy atom. The summed E-state index contributed by atoms with van der Waals surface area (Å²) in [6.07, 6.45) is -4.31. The summed E-state index contributed by atoms with van der Waals surface area (Å²) < 4.78 is 81.1. The first kappa shape index (κ1) is 29.7. The van der Waals surface area contributed by atoms with Gasteiger partial charge in [0.1, 0.15) is 0 Å². The van der Waals surface area contributed by atoms with Crippen LogP contribution in [0.5, 0.6) is 0 Å². The number of carbonyl (C=O) groups is 2. The van der Waals surface area contributed by atoms with Gasteiger partial charge in [-0.1, -0.05) is 37.3 Å². The molecule has 2 aromatic rings. The number of halogens is 6. The molecule has 0 spiro atoms. The monoisotopic (exact) mass is 556 g/mol. The van der Waals surface area contributed by atoms with Crippen molar-refractivity contribution in [3.63, 3.8) is 0 Å². The lowest BCUT2D eigenvalue weighted by Crippen LogP contribution is -2.40. The molecule has 0 fully saturated rings. The van der Waals surface area contributed by atoms with Gasteiger partial charge in [0, 0.05) is 24.4 Å². The van der Waals surface area contributed by atoms with Crippen LogP contribution in [0.3, 0.4) is 0 Å². The van der Waals surface area contributed by atoms with Crippen molar-refractivity contribution < 1.29 is 41.0 Å². The number of anilines is 1. The Balaban J connectivity index is 1.78. The van der Waals surface area contributed by atoms with E-state index in [4.69, 9.17) is 5.11 Å². The van der Waals surface area contributed by atoms with E-state index in [9.17, 15) is 40.7 Å². The molecule has 210 valence electrons. The van der Waals surface area contributed by atoms with E-state index in [1.165, 1.54) is 30.4 Å². The summed E-state index contributed by atoms with van der Waals surface area (Å²) in [4.78, 5) is 36.0. The van der Waals surface area contributed by atoms with Gasteiger partial charge in [-0.3, -0.25) is 14.4 Å². The molecule has 0 saturated heterocycles. The van der Waals surface area contributed by atoms with E-state index in [-0.39, 0.29) is 31.5 Å². The Labute approximate surface area is 219 Å². The highest BCUT2D eigenvalue weighted by atomic mass is 19.4. The summed E-state index contributed by atoms with van der Waals surface area (Å²) in [6.45, 7) is 0.684. The fourth-order valence-electron chi connectivity index (χ4n) is 4.36. The van der Waals surface area contributed by atoms with Crippen LogP contribution >= 0.6 is 0 Å². The first-order valence-corrected chi connectivity index (χ1v) is 12.0. The molecular weight excluding hydrogens is 530 g/mol. The van der Waals surface area contributed by atoms with Crippen molar-refractivity contribution in [3.05, 3.63) is 87.9 Å². The van der Waals surface area contributed by atoms with E-state index >= 15 is 0 Å². The first-order chi connectivity index (χ1) is 18.1. The smallest absolute Gasteiger partial charge is 0.417 e. The number of carboxylic acid groups (broad SMARTS) is 1. The third-order valence-corrected chi connectivity index (χ3v) is 6.51. The Hall–Kier alpha value is -3.83. The molecule has 12 heteroatoms. The van der Waals surface area contributed by atoms with Crippen LogP contribution in [-0.4, -0.2) is 27.7 Å². The number of benzene rings is 1. The van der Waals surface area contributed by atoms with Gasteiger partial charge in [-0.2, -0.15) is 26.3 Å². The summed E-state index contributed by atoms with van der Waals surface area (Å²) in [5.41, 5.74) is -0.457. The minimum atomic E-state index is -4.69. The molecule has 1 heterocycles. The van der Waals surface area contributed by atoms with Crippen LogP contribution in [0.25, 0.3) is 0 Å². The van der Waals surface area contributed by atoms with Gasteiger partial charge in [0.15, 0.2) is 0 Å². The fraction of sp³-hybridized carbons (Fsp3) is 0.370. The molecule has 1 aliphatic rings. The first-order valence-electron chi connectivity index (χ1n) is 12.0. The van der Waals surface area contributed by atoms with Crippen molar-refractivity contribution >= 4 is 17.6 Å². The quantitative estimate of drug-likeness (QED) is 0.380. The number of carboxylic acids is 1. The zero-order valence-corrected chi connectivity index (χ0v) is 20.7. The van der Waals surface area contributed by atoms with Crippen molar-refractivity contribution in [3.8, 4) is 0 Å². The van der Waals surface area contributed by atoms with Gasteiger partial charge in [-0.25, -0.2) is 0 Å². The van der Waals surface area contributed by atoms with Gasteiger partial charge in [-0.05, 0) is 48.1 Å². The van der Waals surface area contributed by atoms with Gasteiger partial charge >= 0.3 is 18.3 Å². The number of hydrogen-bond acceptors (Lipinski definition) is 3. The summed E-state index contributed by atoms with van der Waals surface area (Å²) in [5, 5.41) is 11.4. The molecule has 6 nitrogen and oxygen atoms in total. The maximum atomic E-state index is 13.7. The third kappa shape index (κ3) is 8.08. The normalized spacial score (nSPS) is 17.3. The molecule has 2 N–H and O–H groups in total. The predicted molar refractivity (Wildman–Crippen MR) is 131 cm³/mol. The zero-order chi connectivity index (χ0) is 29.0. The number of aliphatic carboxylic acids is 1. The largest absolute Gasteiger partial charge is 0.481 e. The number of aromatic nitrogens is 1. The molecule has 39 heavy (non-hydrogen) atoms. The SMILES string of the molecule is C[C@H]([C@H](C(=O)Nc1cccc(CCC(=O)O)c1)C1C=CC(Cn2cc(C(F)(F)F)ccc2=O)=CC1)C(F)(F)F. The number of aryl methyl sites for hydroxylation is 1. The number of pyridine rings is 1. The number of alkyl halides is 6. The molecule has 0 aliphatic heterocycles. The van der Waals surface area contributed by atoms with Crippen molar-refractivity contribution in [2.45, 2.75) is 45.1 Å². The second-order valence-electron chi connectivity index (χ2n) is 9.36. The number of allylic oxidation sites excluding steroid dienone is 4. The molecule has 1 amide bonds. The van der Waals surface area contributed by atoms with E-state index in [1.54, 1.807) is 12.1 Å². The molecule has 1 aromatic carbocycles. The number of amides is 1. The molecule has 3 rings (SSSR count). The Morgan fingerprint density at radius 1 is 1.13 bits per heavy atom. The topological polar surface area (TPSA) is 88.4 Å². The van der Waals surface area contributed by atoms with Gasteiger partial charge in [0.05, 0.1) is 23.9 Å². The van der Waals surface area contributed by atoms with Crippen LogP contribution in [0.1, 0.15) is 30.9 Å². The van der Waals surface area contributed by atoms with Gasteiger partial charge in [0.2, 0.25) is 5.91 Å². The molecular formula is C27H26F6N2O4. The molecule has 1 aromatic heterocycles. The van der Waals surface area contributed by atoms with Crippen LogP contribution in [0, 0.1) is 17.8 Å². The molecule has 0 saturated carbocycles. The van der Waals surface area contributed by atoms with Crippen LogP contribution in [0.4, 0.5) is 32.0 Å². The maximum absolute atomic E-state index is 13.7. The molecule has 1 unspecified atom stereocenters. The second-order valence-corrected chi connectivity index (χ2v) is 9.36. The third-order valence-electron chi connectivity index (χ3n) is 6.51. The summed E-state index contributed by atoms with van der Waals surface area (Å²) in [7, 11) is 0. The predicted octanol–water partition coefficient (Wildman–Crippen LogP) is 5.84. The fourth-order valence-corrected chi connectivity index (χ4v) is 4.36. The van der Waals surface area contributed by atoms with E-state index in [1.807, 2.05) is 0 Å². The second kappa shape index (κ2) is 11.9. The Kier molecular flexibility index (Phi) is 9.08. The van der Waals surface area contributed by atoms with Crippen molar-refractivity contribution in [2.75, 3.05) is 5.32 Å². The van der Waals surface area contributed by atoms with Crippen LogP contribution < -0.4 is 10.9 Å². The van der Waals surface area contributed by atoms with E-state index in [0.717, 1.165) is 17.6 Å². The van der Waals surface area contributed by atoms with Crippen LogP contribution in [0.2, 0.25) is 0 Å². The van der Waals surface area contributed by atoms with Crippen molar-refractivity contribution in [1.82, 2.24) is 4.57 Å². The number of nitrogens with one attached hydrogen (secondary N) is 1. The summed E-state index contributed by atoms with van der Waals surface area (Å²) in [6, 6.07) is 7.64. The zero-order valence-electron chi connectivity index (χ0n) is 20.7. The molecule has 0 bridgehead atoms. The molecule has 0 radical (unpaired) electrons. The number of rotatable bonds is 9. The lowest BCUT2D eigenvalue weighted by atomic mass is 9.77. The van der Waals surface area contributed by atoms with Gasteiger partial charge in [0.25, 0.3) is 5.56 Å². The average molecular weight is 557 g/mol. The highest BCUT2D eigenvalue weighted by Gasteiger charge is 2.46. The number of carbonyl (C=O) groups excluding carboxylic acids is 1. The minimum absolute atomic E-state index is 0.00327. The van der Waals surface area contributed by atoms with Crippen LogP contribution in [0.15, 0.2) is 71.2 Å². The van der Waals surface area contributed by atoms with E-state index in [2.05, 4.69) is 5.32 Å². The van der Waals surface area contributed by atoms with Gasteiger partial charge < -0.3 is 15.0 Å². The van der Waals surface area contributed by atoms with Crippen molar-refractivity contribution in [2.24, 2.45) is 17.8 Å². The number of hydrogen-bond donors (Lipinski definition) is 2. The standard InChI is InChI=1S/C27H26F6N2O4/c1-16(26(28,29)30)24(25(39)34-21-4-2-3-17(13-21)7-12-23(37)38)19-8-5-18(6-9-19)14-35-15-20(27(31,32)33)10-11-22(35)36/h2-6,8,10-11,13,15-16,19,24H,7,9,12,14H2,1H3,(H,34,39)(H,37,38)/t16-,19?,24+/m1/s1. The molecule has 1 aliphatic carbocycles. The highest BCUT2D eigenvalue weighted by molar-refractivity contribution is 5.93. The highest BCUT2D eigenvalue weighted by Crippen LogP contribution is 2.39. The van der Waals surface area contributed by atoms with Gasteiger partial charge in [-0.15, -0.1) is 0 Å². The average Bonchev–Trinajstić information content (AvgIpc) is 2.84. The van der Waals surface area contributed by atoms with E-state index in [0.29, 0.717) is 23.4 Å². The van der Waals surface area contributed by atoms with E-state index < -0.39 is 53.1 Å². The molecule has 3 atom stereocenters. The summed E-state index contributed by atoms with van der Waals surface area (Å²) >= 11 is 0. The lowest BCUT2D eigenvalue weighted by Gasteiger charge is -2.31. The Bertz CT molecular complexity index is 1330. The Morgan fingerprint density at radius 2 is 1.85 bits per heavy atom. The number of nitrogens with zero attached hydrogens (tertiary/aromatic N) is 1.